The Bertz CT molecular complexity index is 671. The van der Waals surface area contributed by atoms with E-state index in [0.717, 1.165) is 10.3 Å². The van der Waals surface area contributed by atoms with Gasteiger partial charge in [0.25, 0.3) is 0 Å². The van der Waals surface area contributed by atoms with Crippen molar-refractivity contribution in [3.63, 3.8) is 0 Å². The van der Waals surface area contributed by atoms with E-state index in [4.69, 9.17) is 0 Å². The van der Waals surface area contributed by atoms with Gasteiger partial charge in [0.2, 0.25) is 0 Å². The Morgan fingerprint density at radius 3 is 2.30 bits per heavy atom. The number of anilines is 1. The molecule has 0 N–H and O–H groups in total. The van der Waals surface area contributed by atoms with Crippen LogP contribution in [-0.4, -0.2) is 47.7 Å². The lowest BCUT2D eigenvalue weighted by molar-refractivity contribution is 0.142. The Kier molecular flexibility index (Phi) is 3.93. The second-order valence-corrected chi connectivity index (χ2v) is 7.91. The molecule has 0 aliphatic carbocycles. The molecule has 0 saturated carbocycles. The fourth-order valence-corrected chi connectivity index (χ4v) is 4.24. The van der Waals surface area contributed by atoms with Crippen molar-refractivity contribution in [2.45, 2.75) is 19.3 Å². The summed E-state index contributed by atoms with van der Waals surface area (Å²) in [5.74, 6) is 0. The molecule has 5 heteroatoms. The van der Waals surface area contributed by atoms with Crippen LogP contribution in [0.15, 0.2) is 41.4 Å². The van der Waals surface area contributed by atoms with Gasteiger partial charge in [0.1, 0.15) is 10.9 Å². The maximum atomic E-state index is 4.22. The van der Waals surface area contributed by atoms with E-state index in [1.807, 2.05) is 17.1 Å². The minimum absolute atomic E-state index is 0.556. The van der Waals surface area contributed by atoms with Crippen LogP contribution in [-0.2, 0) is 0 Å². The van der Waals surface area contributed by atoms with Crippen molar-refractivity contribution in [1.82, 2.24) is 14.5 Å². The lowest BCUT2D eigenvalue weighted by Gasteiger charge is -2.37. The number of aromatic nitrogens is 2. The van der Waals surface area contributed by atoms with Crippen molar-refractivity contribution in [1.29, 1.82) is 0 Å². The zero-order chi connectivity index (χ0) is 15.9. The van der Waals surface area contributed by atoms with Crippen LogP contribution in [0.4, 0.5) is 5.69 Å². The molecule has 1 aromatic heterocycles. The molecule has 1 aromatic carbocycles. The van der Waals surface area contributed by atoms with E-state index >= 15 is 0 Å². The van der Waals surface area contributed by atoms with E-state index in [1.54, 1.807) is 0 Å². The van der Waals surface area contributed by atoms with Gasteiger partial charge in [-0.2, -0.15) is 0 Å². The fraction of sp³-hybridized carbons (Fsp3) is 0.500. The van der Waals surface area contributed by atoms with Crippen LogP contribution in [0.5, 0.6) is 0 Å². The number of hydrogen-bond donors (Lipinski definition) is 0. The van der Waals surface area contributed by atoms with E-state index in [0.29, 0.717) is 5.41 Å². The standard InChI is InChI=1S/C18H23BrN4/c1-21-9-6-18(7-10-21)8-11-22(13-18)15-2-4-16(5-3-15)23-12-17(19)20-14-23/h2-5,12,14H,6-11,13H2,1H3. The molecular formula is C18H23BrN4. The SMILES string of the molecule is CN1CCC2(CC1)CCN(c1ccc(-n3cnc(Br)c3)cc1)C2. The molecule has 2 aliphatic rings. The summed E-state index contributed by atoms with van der Waals surface area (Å²) < 4.78 is 2.90. The largest absolute Gasteiger partial charge is 0.371 e. The molecule has 4 nitrogen and oxygen atoms in total. The average molecular weight is 375 g/mol. The number of benzene rings is 1. The summed E-state index contributed by atoms with van der Waals surface area (Å²) in [5.41, 5.74) is 3.06. The summed E-state index contributed by atoms with van der Waals surface area (Å²) in [6.45, 7) is 4.92. The van der Waals surface area contributed by atoms with Crippen LogP contribution in [0, 0.1) is 5.41 Å². The first-order valence-electron chi connectivity index (χ1n) is 8.37. The Morgan fingerprint density at radius 1 is 1.00 bits per heavy atom. The first kappa shape index (κ1) is 15.2. The number of hydrogen-bond acceptors (Lipinski definition) is 3. The summed E-state index contributed by atoms with van der Waals surface area (Å²) in [6.07, 6.45) is 7.86. The summed E-state index contributed by atoms with van der Waals surface area (Å²) in [7, 11) is 2.24. The van der Waals surface area contributed by atoms with Gasteiger partial charge in [0.15, 0.2) is 0 Å². The summed E-state index contributed by atoms with van der Waals surface area (Å²) in [6, 6.07) is 8.86. The smallest absolute Gasteiger partial charge is 0.124 e. The van der Waals surface area contributed by atoms with E-state index in [2.05, 4.69) is 62.0 Å². The molecule has 2 aliphatic heterocycles. The van der Waals surface area contributed by atoms with Crippen LogP contribution >= 0.6 is 15.9 Å². The van der Waals surface area contributed by atoms with Crippen molar-refractivity contribution < 1.29 is 0 Å². The summed E-state index contributed by atoms with van der Waals surface area (Å²) in [4.78, 5) is 9.25. The van der Waals surface area contributed by atoms with Crippen molar-refractivity contribution in [3.8, 4) is 5.69 Å². The molecule has 4 rings (SSSR count). The van der Waals surface area contributed by atoms with Crippen molar-refractivity contribution in [2.24, 2.45) is 5.41 Å². The average Bonchev–Trinajstić information content (AvgIpc) is 3.18. The van der Waals surface area contributed by atoms with Crippen LogP contribution in [0.25, 0.3) is 5.69 Å². The van der Waals surface area contributed by atoms with Crippen LogP contribution < -0.4 is 4.90 Å². The second kappa shape index (κ2) is 5.95. The fourth-order valence-electron chi connectivity index (χ4n) is 3.93. The summed E-state index contributed by atoms with van der Waals surface area (Å²) in [5, 5.41) is 0. The predicted octanol–water partition coefficient (Wildman–Crippen LogP) is 3.56. The number of nitrogens with zero attached hydrogens (tertiary/aromatic N) is 4. The topological polar surface area (TPSA) is 24.3 Å². The summed E-state index contributed by atoms with van der Waals surface area (Å²) >= 11 is 3.40. The highest BCUT2D eigenvalue weighted by molar-refractivity contribution is 9.10. The second-order valence-electron chi connectivity index (χ2n) is 7.09. The lowest BCUT2D eigenvalue weighted by atomic mass is 9.78. The normalized spacial score (nSPS) is 21.2. The Hall–Kier alpha value is -1.33. The van der Waals surface area contributed by atoms with Gasteiger partial charge in [0, 0.05) is 30.7 Å². The molecule has 0 unspecified atom stereocenters. The zero-order valence-corrected chi connectivity index (χ0v) is 15.2. The molecule has 0 atom stereocenters. The Balaban J connectivity index is 1.47. The van der Waals surface area contributed by atoms with Gasteiger partial charge in [-0.25, -0.2) is 4.98 Å². The van der Waals surface area contributed by atoms with Crippen LogP contribution in [0.2, 0.25) is 0 Å². The van der Waals surface area contributed by atoms with Gasteiger partial charge in [-0.15, -0.1) is 0 Å². The molecule has 23 heavy (non-hydrogen) atoms. The third-order valence-corrected chi connectivity index (χ3v) is 5.96. The van der Waals surface area contributed by atoms with Gasteiger partial charge < -0.3 is 14.4 Å². The highest BCUT2D eigenvalue weighted by Gasteiger charge is 2.39. The quantitative estimate of drug-likeness (QED) is 0.802. The van der Waals surface area contributed by atoms with Gasteiger partial charge in [-0.3, -0.25) is 0 Å². The van der Waals surface area contributed by atoms with Crippen molar-refractivity contribution in [3.05, 3.63) is 41.4 Å². The highest BCUT2D eigenvalue weighted by Crippen LogP contribution is 2.41. The van der Waals surface area contributed by atoms with E-state index in [1.165, 1.54) is 51.1 Å². The molecular weight excluding hydrogens is 352 g/mol. The van der Waals surface area contributed by atoms with E-state index in [-0.39, 0.29) is 0 Å². The minimum atomic E-state index is 0.556. The Labute approximate surface area is 146 Å². The van der Waals surface area contributed by atoms with Crippen LogP contribution in [0.1, 0.15) is 19.3 Å². The van der Waals surface area contributed by atoms with Crippen molar-refractivity contribution >= 4 is 21.6 Å². The number of piperidine rings is 1. The molecule has 3 heterocycles. The van der Waals surface area contributed by atoms with Gasteiger partial charge in [-0.05, 0) is 85.0 Å². The number of rotatable bonds is 2. The molecule has 2 saturated heterocycles. The maximum absolute atomic E-state index is 4.22. The molecule has 0 bridgehead atoms. The third kappa shape index (κ3) is 3.04. The molecule has 122 valence electrons. The number of likely N-dealkylation sites (tertiary alicyclic amines) is 1. The first-order chi connectivity index (χ1) is 11.1. The van der Waals surface area contributed by atoms with Gasteiger partial charge in [0.05, 0.1) is 0 Å². The van der Waals surface area contributed by atoms with Crippen molar-refractivity contribution in [2.75, 3.05) is 38.1 Å². The van der Waals surface area contributed by atoms with Gasteiger partial charge in [-0.1, -0.05) is 0 Å². The van der Waals surface area contributed by atoms with Gasteiger partial charge >= 0.3 is 0 Å². The maximum Gasteiger partial charge on any atom is 0.124 e. The molecule has 1 spiro atoms. The third-order valence-electron chi connectivity index (χ3n) is 5.55. The molecule has 2 fully saturated rings. The van der Waals surface area contributed by atoms with E-state index < -0.39 is 0 Å². The van der Waals surface area contributed by atoms with E-state index in [9.17, 15) is 0 Å². The zero-order valence-electron chi connectivity index (χ0n) is 13.6. The Morgan fingerprint density at radius 2 is 1.65 bits per heavy atom. The molecule has 2 aromatic rings. The lowest BCUT2D eigenvalue weighted by Crippen LogP contribution is -2.39. The molecule has 0 radical (unpaired) electrons. The van der Waals surface area contributed by atoms with Crippen LogP contribution in [0.3, 0.4) is 0 Å². The number of imidazole rings is 1. The predicted molar refractivity (Wildman–Crippen MR) is 97.3 cm³/mol. The monoisotopic (exact) mass is 374 g/mol. The number of halogens is 1. The highest BCUT2D eigenvalue weighted by atomic mass is 79.9. The molecule has 0 amide bonds. The minimum Gasteiger partial charge on any atom is -0.371 e. The first-order valence-corrected chi connectivity index (χ1v) is 9.16.